The number of amides is 2. The van der Waals surface area contributed by atoms with Gasteiger partial charge in [-0.3, -0.25) is 9.59 Å². The smallest absolute Gasteiger partial charge is 0.245 e. The van der Waals surface area contributed by atoms with Crippen molar-refractivity contribution < 1.29 is 9.59 Å². The van der Waals surface area contributed by atoms with Gasteiger partial charge in [-0.2, -0.15) is 0 Å². The van der Waals surface area contributed by atoms with E-state index in [9.17, 15) is 9.59 Å². The van der Waals surface area contributed by atoms with Crippen LogP contribution in [0.1, 0.15) is 62.5 Å². The van der Waals surface area contributed by atoms with Gasteiger partial charge in [0.25, 0.3) is 0 Å². The van der Waals surface area contributed by atoms with Gasteiger partial charge in [-0.05, 0) is 44.6 Å². The molecule has 1 N–H and O–H groups in total. The maximum atomic E-state index is 12.9. The van der Waals surface area contributed by atoms with Crippen LogP contribution in [-0.2, 0) is 16.1 Å². The van der Waals surface area contributed by atoms with Gasteiger partial charge in [0.05, 0.1) is 0 Å². The fourth-order valence-corrected chi connectivity index (χ4v) is 3.96. The first-order valence-corrected chi connectivity index (χ1v) is 9.78. The van der Waals surface area contributed by atoms with Crippen LogP contribution in [0, 0.1) is 12.8 Å². The zero-order chi connectivity index (χ0) is 17.6. The molecule has 0 bridgehead atoms. The number of benzene rings is 1. The number of hydrogen-bond acceptors (Lipinski definition) is 2. The van der Waals surface area contributed by atoms with Crippen LogP contribution < -0.4 is 5.32 Å². The summed E-state index contributed by atoms with van der Waals surface area (Å²) in [5.41, 5.74) is 2.38. The van der Waals surface area contributed by atoms with Crippen LogP contribution in [0.15, 0.2) is 24.3 Å². The summed E-state index contributed by atoms with van der Waals surface area (Å²) < 4.78 is 0. The van der Waals surface area contributed by atoms with Crippen molar-refractivity contribution in [1.82, 2.24) is 10.2 Å². The maximum Gasteiger partial charge on any atom is 0.245 e. The molecule has 4 nitrogen and oxygen atoms in total. The molecule has 0 spiro atoms. The van der Waals surface area contributed by atoms with Crippen molar-refractivity contribution in [1.29, 1.82) is 0 Å². The monoisotopic (exact) mass is 342 g/mol. The highest BCUT2D eigenvalue weighted by molar-refractivity contribution is 5.88. The molecule has 136 valence electrons. The number of carbonyl (C=O) groups excluding carboxylic acids is 2. The predicted molar refractivity (Wildman–Crippen MR) is 99.0 cm³/mol. The SMILES string of the molecule is Cc1ccc(CN2CCCCC(NC(=O)C3CCCCC3)C2=O)cc1. The maximum absolute atomic E-state index is 12.9. The van der Waals surface area contributed by atoms with Gasteiger partial charge in [0, 0.05) is 19.0 Å². The van der Waals surface area contributed by atoms with Crippen LogP contribution in [0.2, 0.25) is 0 Å². The Morgan fingerprint density at radius 3 is 2.44 bits per heavy atom. The third kappa shape index (κ3) is 4.83. The first kappa shape index (κ1) is 18.0. The predicted octanol–water partition coefficient (Wildman–Crippen LogP) is 3.57. The Morgan fingerprint density at radius 1 is 1.04 bits per heavy atom. The van der Waals surface area contributed by atoms with Crippen molar-refractivity contribution in [2.24, 2.45) is 5.92 Å². The quantitative estimate of drug-likeness (QED) is 0.909. The molecule has 0 radical (unpaired) electrons. The lowest BCUT2D eigenvalue weighted by atomic mass is 9.88. The van der Waals surface area contributed by atoms with Crippen molar-refractivity contribution in [3.63, 3.8) is 0 Å². The number of carbonyl (C=O) groups is 2. The lowest BCUT2D eigenvalue weighted by Gasteiger charge is -2.27. The summed E-state index contributed by atoms with van der Waals surface area (Å²) >= 11 is 0. The van der Waals surface area contributed by atoms with Gasteiger partial charge in [0.2, 0.25) is 11.8 Å². The van der Waals surface area contributed by atoms with Crippen LogP contribution in [0.3, 0.4) is 0 Å². The van der Waals surface area contributed by atoms with Gasteiger partial charge in [0.15, 0.2) is 0 Å². The second-order valence-corrected chi connectivity index (χ2v) is 7.64. The summed E-state index contributed by atoms with van der Waals surface area (Å²) in [5.74, 6) is 0.285. The van der Waals surface area contributed by atoms with E-state index < -0.39 is 0 Å². The summed E-state index contributed by atoms with van der Waals surface area (Å²) in [4.78, 5) is 27.4. The summed E-state index contributed by atoms with van der Waals surface area (Å²) in [6.45, 7) is 3.48. The normalized spacial score (nSPS) is 22.5. The Balaban J connectivity index is 1.62. The molecule has 1 aliphatic heterocycles. The summed E-state index contributed by atoms with van der Waals surface area (Å²) in [6.07, 6.45) is 8.21. The lowest BCUT2D eigenvalue weighted by Crippen LogP contribution is -2.49. The van der Waals surface area contributed by atoms with E-state index in [1.165, 1.54) is 12.0 Å². The topological polar surface area (TPSA) is 49.4 Å². The lowest BCUT2D eigenvalue weighted by molar-refractivity contribution is -0.137. The molecule has 1 saturated carbocycles. The number of nitrogens with one attached hydrogen (secondary N) is 1. The second-order valence-electron chi connectivity index (χ2n) is 7.64. The highest BCUT2D eigenvalue weighted by Gasteiger charge is 2.30. The van der Waals surface area contributed by atoms with E-state index in [1.54, 1.807) is 0 Å². The average Bonchev–Trinajstić information content (AvgIpc) is 2.80. The third-order valence-electron chi connectivity index (χ3n) is 5.57. The van der Waals surface area contributed by atoms with E-state index in [-0.39, 0.29) is 23.8 Å². The van der Waals surface area contributed by atoms with Gasteiger partial charge in [-0.1, -0.05) is 49.1 Å². The highest BCUT2D eigenvalue weighted by Crippen LogP contribution is 2.24. The highest BCUT2D eigenvalue weighted by atomic mass is 16.2. The molecule has 1 atom stereocenters. The van der Waals surface area contributed by atoms with E-state index in [0.717, 1.165) is 57.1 Å². The molecule has 1 heterocycles. The Kier molecular flexibility index (Phi) is 6.11. The number of likely N-dealkylation sites (tertiary alicyclic amines) is 1. The average molecular weight is 342 g/mol. The summed E-state index contributed by atoms with van der Waals surface area (Å²) in [6, 6.07) is 7.99. The molecule has 3 rings (SSSR count). The van der Waals surface area contributed by atoms with E-state index in [1.807, 2.05) is 4.90 Å². The van der Waals surface area contributed by atoms with Crippen LogP contribution in [0.25, 0.3) is 0 Å². The molecule has 2 amide bonds. The molecule has 0 aromatic heterocycles. The van der Waals surface area contributed by atoms with E-state index in [2.05, 4.69) is 36.5 Å². The van der Waals surface area contributed by atoms with Crippen molar-refractivity contribution in [3.8, 4) is 0 Å². The van der Waals surface area contributed by atoms with Crippen molar-refractivity contribution >= 4 is 11.8 Å². The minimum Gasteiger partial charge on any atom is -0.344 e. The van der Waals surface area contributed by atoms with Crippen LogP contribution in [-0.4, -0.2) is 29.3 Å². The van der Waals surface area contributed by atoms with E-state index in [4.69, 9.17) is 0 Å². The zero-order valence-corrected chi connectivity index (χ0v) is 15.3. The van der Waals surface area contributed by atoms with Gasteiger partial charge >= 0.3 is 0 Å². The van der Waals surface area contributed by atoms with Gasteiger partial charge in [-0.15, -0.1) is 0 Å². The first-order valence-electron chi connectivity index (χ1n) is 9.78. The Labute approximate surface area is 151 Å². The fraction of sp³-hybridized carbons (Fsp3) is 0.619. The minimum absolute atomic E-state index is 0.0854. The van der Waals surface area contributed by atoms with Crippen molar-refractivity contribution in [2.45, 2.75) is 70.9 Å². The summed E-state index contributed by atoms with van der Waals surface area (Å²) in [5, 5.41) is 3.07. The largest absolute Gasteiger partial charge is 0.344 e. The van der Waals surface area contributed by atoms with Crippen molar-refractivity contribution in [3.05, 3.63) is 35.4 Å². The van der Waals surface area contributed by atoms with Gasteiger partial charge in [-0.25, -0.2) is 0 Å². The first-order chi connectivity index (χ1) is 12.1. The molecule has 1 aromatic rings. The third-order valence-corrected chi connectivity index (χ3v) is 5.57. The number of hydrogen-bond donors (Lipinski definition) is 1. The molecule has 2 aliphatic rings. The minimum atomic E-state index is -0.345. The standard InChI is InChI=1S/C21H30N2O2/c1-16-10-12-17(13-11-16)15-23-14-6-5-9-19(21(23)25)22-20(24)18-7-3-2-4-8-18/h10-13,18-19H,2-9,14-15H2,1H3,(H,22,24). The van der Waals surface area contributed by atoms with E-state index in [0.29, 0.717) is 6.54 Å². The number of aryl methyl sites for hydroxylation is 1. The Hall–Kier alpha value is -1.84. The summed E-state index contributed by atoms with van der Waals surface area (Å²) in [7, 11) is 0. The molecular formula is C21H30N2O2. The molecular weight excluding hydrogens is 312 g/mol. The molecule has 1 aromatic carbocycles. The zero-order valence-electron chi connectivity index (χ0n) is 15.3. The molecule has 1 aliphatic carbocycles. The fourth-order valence-electron chi connectivity index (χ4n) is 3.96. The molecule has 25 heavy (non-hydrogen) atoms. The molecule has 2 fully saturated rings. The Bertz CT molecular complexity index is 590. The van der Waals surface area contributed by atoms with Gasteiger partial charge < -0.3 is 10.2 Å². The molecule has 1 unspecified atom stereocenters. The number of nitrogens with zero attached hydrogens (tertiary/aromatic N) is 1. The van der Waals surface area contributed by atoms with Gasteiger partial charge in [0.1, 0.15) is 6.04 Å². The van der Waals surface area contributed by atoms with Crippen LogP contribution in [0.4, 0.5) is 0 Å². The van der Waals surface area contributed by atoms with Crippen LogP contribution in [0.5, 0.6) is 0 Å². The van der Waals surface area contributed by atoms with Crippen molar-refractivity contribution in [2.75, 3.05) is 6.54 Å². The second kappa shape index (κ2) is 8.50. The Morgan fingerprint density at radius 2 is 1.72 bits per heavy atom. The number of rotatable bonds is 4. The molecule has 1 saturated heterocycles. The molecule has 4 heteroatoms. The van der Waals surface area contributed by atoms with Crippen LogP contribution >= 0.6 is 0 Å². The van der Waals surface area contributed by atoms with E-state index >= 15 is 0 Å².